The van der Waals surface area contributed by atoms with E-state index in [1.54, 1.807) is 48.7 Å². The van der Waals surface area contributed by atoms with Crippen LogP contribution >= 0.6 is 0 Å². The van der Waals surface area contributed by atoms with Crippen molar-refractivity contribution >= 4 is 29.9 Å². The number of hydrogen-bond donors (Lipinski definition) is 1. The van der Waals surface area contributed by atoms with Gasteiger partial charge in [0.2, 0.25) is 0 Å². The van der Waals surface area contributed by atoms with Crippen molar-refractivity contribution in [3.8, 4) is 5.75 Å². The van der Waals surface area contributed by atoms with Gasteiger partial charge in [0, 0.05) is 12.3 Å². The molecule has 3 aromatic carbocycles. The molecule has 0 saturated carbocycles. The predicted molar refractivity (Wildman–Crippen MR) is 108 cm³/mol. The van der Waals surface area contributed by atoms with Crippen molar-refractivity contribution in [2.45, 2.75) is 0 Å². The molecule has 0 aliphatic carbocycles. The fraction of sp³-hybridized carbons (Fsp3) is 0. The number of rotatable bonds is 6. The molecule has 5 nitrogen and oxygen atoms in total. The first-order valence-electron chi connectivity index (χ1n) is 8.52. The van der Waals surface area contributed by atoms with Crippen LogP contribution in [-0.2, 0) is 4.79 Å². The van der Waals surface area contributed by atoms with Gasteiger partial charge in [-0.2, -0.15) is 0 Å². The van der Waals surface area contributed by atoms with Gasteiger partial charge in [-0.15, -0.1) is 0 Å². The number of carboxylic acid groups (broad SMARTS) is 1. The molecule has 0 atom stereocenters. The first kappa shape index (κ1) is 18.8. The molecule has 5 heteroatoms. The number of ether oxygens (including phenoxy) is 1. The molecule has 0 aliphatic heterocycles. The quantitative estimate of drug-likeness (QED) is 0.293. The van der Waals surface area contributed by atoms with E-state index in [9.17, 15) is 9.59 Å². The van der Waals surface area contributed by atoms with E-state index in [2.05, 4.69) is 4.99 Å². The van der Waals surface area contributed by atoms with Crippen LogP contribution in [0.1, 0.15) is 21.5 Å². The highest BCUT2D eigenvalue weighted by Gasteiger charge is 2.02. The lowest BCUT2D eigenvalue weighted by molar-refractivity contribution is -0.128. The van der Waals surface area contributed by atoms with Crippen LogP contribution < -0.4 is 4.74 Å². The standard InChI is InChI=1S/C23H17NO4/c25-22(15-8-17-4-2-1-3-5-17)28-21-13-6-18(7-14-21)16-24-20-11-9-19(10-12-20)23(26)27/h1-16H,(H,26,27)/b15-8+,24-16+. The Morgan fingerprint density at radius 2 is 1.50 bits per heavy atom. The van der Waals surface area contributed by atoms with Crippen LogP contribution in [0.15, 0.2) is 89.9 Å². The third-order valence-electron chi connectivity index (χ3n) is 3.79. The lowest BCUT2D eigenvalue weighted by Gasteiger charge is -2.02. The molecule has 0 spiro atoms. The summed E-state index contributed by atoms with van der Waals surface area (Å²) in [5.74, 6) is -0.992. The number of benzene rings is 3. The number of esters is 1. The summed E-state index contributed by atoms with van der Waals surface area (Å²) in [5, 5.41) is 8.89. The van der Waals surface area contributed by atoms with E-state index in [-0.39, 0.29) is 5.56 Å². The van der Waals surface area contributed by atoms with Gasteiger partial charge in [0.05, 0.1) is 11.3 Å². The van der Waals surface area contributed by atoms with Crippen molar-refractivity contribution < 1.29 is 19.4 Å². The SMILES string of the molecule is O=C(/C=C/c1ccccc1)Oc1ccc(/C=N/c2ccc(C(=O)O)cc2)cc1. The summed E-state index contributed by atoms with van der Waals surface area (Å²) < 4.78 is 5.26. The average Bonchev–Trinajstić information content (AvgIpc) is 2.73. The molecule has 0 bridgehead atoms. The minimum atomic E-state index is -0.973. The van der Waals surface area contributed by atoms with Crippen LogP contribution in [0.5, 0.6) is 5.75 Å². The smallest absolute Gasteiger partial charge is 0.336 e. The highest BCUT2D eigenvalue weighted by molar-refractivity contribution is 5.89. The van der Waals surface area contributed by atoms with Crippen LogP contribution in [-0.4, -0.2) is 23.3 Å². The summed E-state index contributed by atoms with van der Waals surface area (Å²) in [6.07, 6.45) is 4.72. The van der Waals surface area contributed by atoms with Crippen molar-refractivity contribution in [3.05, 3.63) is 102 Å². The molecule has 1 N–H and O–H groups in total. The molecule has 0 heterocycles. The number of carbonyl (C=O) groups excluding carboxylic acids is 1. The predicted octanol–water partition coefficient (Wildman–Crippen LogP) is 4.75. The van der Waals surface area contributed by atoms with Gasteiger partial charge in [0.25, 0.3) is 0 Å². The lowest BCUT2D eigenvalue weighted by atomic mass is 10.2. The number of aromatic carboxylic acids is 1. The first-order chi connectivity index (χ1) is 13.6. The lowest BCUT2D eigenvalue weighted by Crippen LogP contribution is -2.03. The van der Waals surface area contributed by atoms with Gasteiger partial charge in [-0.05, 0) is 65.7 Å². The molecule has 0 aliphatic rings. The molecular formula is C23H17NO4. The zero-order valence-corrected chi connectivity index (χ0v) is 14.9. The van der Waals surface area contributed by atoms with Crippen LogP contribution in [0.4, 0.5) is 5.69 Å². The normalized spacial score (nSPS) is 11.0. The van der Waals surface area contributed by atoms with Crippen molar-refractivity contribution in [2.24, 2.45) is 4.99 Å². The summed E-state index contributed by atoms with van der Waals surface area (Å²) >= 11 is 0. The van der Waals surface area contributed by atoms with E-state index in [0.717, 1.165) is 11.1 Å². The molecule has 138 valence electrons. The highest BCUT2D eigenvalue weighted by Crippen LogP contribution is 2.15. The van der Waals surface area contributed by atoms with Gasteiger partial charge in [-0.3, -0.25) is 4.99 Å². The molecule has 0 saturated heterocycles. The largest absolute Gasteiger partial charge is 0.478 e. The summed E-state index contributed by atoms with van der Waals surface area (Å²) in [4.78, 5) is 27.0. The topological polar surface area (TPSA) is 76.0 Å². The molecule has 0 aromatic heterocycles. The monoisotopic (exact) mass is 371 g/mol. The number of aliphatic imine (C=N–C) groups is 1. The molecule has 0 amide bonds. The number of carbonyl (C=O) groups is 2. The molecule has 3 aromatic rings. The maximum absolute atomic E-state index is 11.9. The van der Waals surface area contributed by atoms with E-state index in [4.69, 9.17) is 9.84 Å². The third-order valence-corrected chi connectivity index (χ3v) is 3.79. The zero-order valence-electron chi connectivity index (χ0n) is 14.9. The average molecular weight is 371 g/mol. The Balaban J connectivity index is 1.57. The van der Waals surface area contributed by atoms with Gasteiger partial charge in [0.15, 0.2) is 0 Å². The number of nitrogens with zero attached hydrogens (tertiary/aromatic N) is 1. The number of carboxylic acids is 1. The second-order valence-electron chi connectivity index (χ2n) is 5.84. The van der Waals surface area contributed by atoms with E-state index in [1.165, 1.54) is 18.2 Å². The summed E-state index contributed by atoms with van der Waals surface area (Å²) in [5.41, 5.74) is 2.60. The van der Waals surface area contributed by atoms with Crippen LogP contribution in [0.2, 0.25) is 0 Å². The Morgan fingerprint density at radius 3 is 2.14 bits per heavy atom. The summed E-state index contributed by atoms with van der Waals surface area (Å²) in [6.45, 7) is 0. The minimum Gasteiger partial charge on any atom is -0.478 e. The van der Waals surface area contributed by atoms with Crippen molar-refractivity contribution in [2.75, 3.05) is 0 Å². The summed E-state index contributed by atoms with van der Waals surface area (Å²) in [7, 11) is 0. The fourth-order valence-corrected chi connectivity index (χ4v) is 2.34. The van der Waals surface area contributed by atoms with Crippen molar-refractivity contribution in [1.29, 1.82) is 0 Å². The van der Waals surface area contributed by atoms with E-state index < -0.39 is 11.9 Å². The third kappa shape index (κ3) is 5.51. The van der Waals surface area contributed by atoms with Crippen LogP contribution in [0.3, 0.4) is 0 Å². The zero-order chi connectivity index (χ0) is 19.8. The Morgan fingerprint density at radius 1 is 0.821 bits per heavy atom. The Kier molecular flexibility index (Phi) is 6.10. The number of hydrogen-bond acceptors (Lipinski definition) is 4. The van der Waals surface area contributed by atoms with Gasteiger partial charge in [0.1, 0.15) is 5.75 Å². The van der Waals surface area contributed by atoms with E-state index >= 15 is 0 Å². The molecule has 0 radical (unpaired) electrons. The Bertz CT molecular complexity index is 1000. The van der Waals surface area contributed by atoms with E-state index in [0.29, 0.717) is 11.4 Å². The maximum Gasteiger partial charge on any atom is 0.336 e. The molecule has 0 fully saturated rings. The Hall–Kier alpha value is -3.99. The highest BCUT2D eigenvalue weighted by atomic mass is 16.5. The summed E-state index contributed by atoms with van der Waals surface area (Å²) in [6, 6.07) is 22.7. The van der Waals surface area contributed by atoms with Crippen LogP contribution in [0, 0.1) is 0 Å². The fourth-order valence-electron chi connectivity index (χ4n) is 2.34. The van der Waals surface area contributed by atoms with Gasteiger partial charge >= 0.3 is 11.9 Å². The van der Waals surface area contributed by atoms with Crippen molar-refractivity contribution in [1.82, 2.24) is 0 Å². The Labute approximate surface area is 162 Å². The molecular weight excluding hydrogens is 354 g/mol. The van der Waals surface area contributed by atoms with Crippen LogP contribution in [0.25, 0.3) is 6.08 Å². The van der Waals surface area contributed by atoms with Gasteiger partial charge in [-0.1, -0.05) is 30.3 Å². The van der Waals surface area contributed by atoms with Crippen molar-refractivity contribution in [3.63, 3.8) is 0 Å². The first-order valence-corrected chi connectivity index (χ1v) is 8.52. The second-order valence-corrected chi connectivity index (χ2v) is 5.84. The van der Waals surface area contributed by atoms with E-state index in [1.807, 2.05) is 30.3 Å². The minimum absolute atomic E-state index is 0.214. The molecule has 0 unspecified atom stereocenters. The van der Waals surface area contributed by atoms with Gasteiger partial charge < -0.3 is 9.84 Å². The molecule has 28 heavy (non-hydrogen) atoms. The maximum atomic E-state index is 11.9. The van der Waals surface area contributed by atoms with Gasteiger partial charge in [-0.25, -0.2) is 9.59 Å². The molecule has 3 rings (SSSR count). The second kappa shape index (κ2) is 9.09.